The molecule has 2 aromatic rings. The molecule has 3 nitrogen and oxygen atoms in total. The van der Waals surface area contributed by atoms with Crippen molar-refractivity contribution >= 4 is 22.5 Å². The second-order valence-corrected chi connectivity index (χ2v) is 4.86. The van der Waals surface area contributed by atoms with Crippen LogP contribution in [0.5, 0.6) is 0 Å². The highest BCUT2D eigenvalue weighted by Gasteiger charge is 2.49. The normalized spacial score (nSPS) is 21.1. The maximum atomic E-state index is 12.4. The highest BCUT2D eigenvalue weighted by atomic mass is 16.5. The predicted octanol–water partition coefficient (Wildman–Crippen LogP) is 2.83. The highest BCUT2D eigenvalue weighted by Crippen LogP contribution is 2.42. The second-order valence-electron chi connectivity index (χ2n) is 4.86. The highest BCUT2D eigenvalue weighted by molar-refractivity contribution is 6.11. The van der Waals surface area contributed by atoms with E-state index in [4.69, 9.17) is 0 Å². The summed E-state index contributed by atoms with van der Waals surface area (Å²) in [5.41, 5.74) is 0.703. The predicted molar refractivity (Wildman–Crippen MR) is 71.9 cm³/mol. The van der Waals surface area contributed by atoms with Crippen LogP contribution < -0.4 is 0 Å². The molecule has 0 N–H and O–H groups in total. The summed E-state index contributed by atoms with van der Waals surface area (Å²) in [5.74, 6) is -0.694. The number of fused-ring (bicyclic) bond motifs is 1. The molecule has 3 heteroatoms. The minimum absolute atomic E-state index is 0.0483. The van der Waals surface area contributed by atoms with Crippen molar-refractivity contribution in [3.63, 3.8) is 0 Å². The van der Waals surface area contributed by atoms with Gasteiger partial charge in [-0.3, -0.25) is 9.59 Å². The topological polar surface area (TPSA) is 43.4 Å². The Morgan fingerprint density at radius 3 is 2.58 bits per heavy atom. The van der Waals surface area contributed by atoms with Crippen LogP contribution in [0, 0.1) is 11.8 Å². The average Bonchev–Trinajstić information content (AvgIpc) is 3.25. The van der Waals surface area contributed by atoms with Gasteiger partial charge in [0.25, 0.3) is 0 Å². The summed E-state index contributed by atoms with van der Waals surface area (Å²) in [6.45, 7) is 0. The Morgan fingerprint density at radius 1 is 1.05 bits per heavy atom. The number of ketones is 1. The van der Waals surface area contributed by atoms with Crippen molar-refractivity contribution in [3.05, 3.63) is 48.0 Å². The Hall–Kier alpha value is -2.16. The van der Waals surface area contributed by atoms with E-state index >= 15 is 0 Å². The lowest BCUT2D eigenvalue weighted by Gasteiger charge is -2.05. The van der Waals surface area contributed by atoms with Crippen molar-refractivity contribution in [1.29, 1.82) is 0 Å². The lowest BCUT2D eigenvalue weighted by molar-refractivity contribution is -0.142. The molecule has 0 unspecified atom stereocenters. The maximum absolute atomic E-state index is 12.4. The minimum Gasteiger partial charge on any atom is -0.469 e. The lowest BCUT2D eigenvalue weighted by atomic mass is 9.98. The van der Waals surface area contributed by atoms with Crippen LogP contribution in [0.25, 0.3) is 10.8 Å². The van der Waals surface area contributed by atoms with Crippen LogP contribution in [0.3, 0.4) is 0 Å². The quantitative estimate of drug-likeness (QED) is 0.625. The fraction of sp³-hybridized carbons (Fsp3) is 0.250. The molecule has 0 heterocycles. The Kier molecular flexibility index (Phi) is 2.82. The monoisotopic (exact) mass is 254 g/mol. The lowest BCUT2D eigenvalue weighted by Crippen LogP contribution is -2.10. The van der Waals surface area contributed by atoms with E-state index in [1.54, 1.807) is 0 Å². The third-order valence-corrected chi connectivity index (χ3v) is 3.69. The number of carbonyl (C=O) groups excluding carboxylic acids is 2. The maximum Gasteiger partial charge on any atom is 0.309 e. The molecule has 0 radical (unpaired) electrons. The molecule has 0 saturated heterocycles. The molecule has 1 aliphatic carbocycles. The van der Waals surface area contributed by atoms with Gasteiger partial charge >= 0.3 is 5.97 Å². The number of carbonyl (C=O) groups is 2. The van der Waals surface area contributed by atoms with Crippen LogP contribution in [-0.2, 0) is 9.53 Å². The first kappa shape index (κ1) is 11.9. The van der Waals surface area contributed by atoms with Gasteiger partial charge in [0.1, 0.15) is 0 Å². The fourth-order valence-corrected chi connectivity index (χ4v) is 2.54. The van der Waals surface area contributed by atoms with Crippen molar-refractivity contribution in [3.8, 4) is 0 Å². The molecule has 0 aromatic heterocycles. The first-order valence-corrected chi connectivity index (χ1v) is 6.32. The zero-order valence-corrected chi connectivity index (χ0v) is 10.6. The summed E-state index contributed by atoms with van der Waals surface area (Å²) in [7, 11) is 1.36. The zero-order chi connectivity index (χ0) is 13.4. The van der Waals surface area contributed by atoms with Gasteiger partial charge in [-0.15, -0.1) is 0 Å². The van der Waals surface area contributed by atoms with E-state index in [0.717, 1.165) is 10.8 Å². The Balaban J connectivity index is 1.93. The number of rotatable bonds is 3. The van der Waals surface area contributed by atoms with Crippen LogP contribution in [0.1, 0.15) is 16.8 Å². The van der Waals surface area contributed by atoms with E-state index in [0.29, 0.717) is 12.0 Å². The molecular formula is C16H14O3. The van der Waals surface area contributed by atoms with Crippen molar-refractivity contribution in [2.45, 2.75) is 6.42 Å². The molecule has 0 spiro atoms. The molecule has 1 fully saturated rings. The van der Waals surface area contributed by atoms with Gasteiger partial charge in [0.2, 0.25) is 0 Å². The molecule has 1 aliphatic rings. The van der Waals surface area contributed by atoms with Crippen LogP contribution in [0.2, 0.25) is 0 Å². The minimum atomic E-state index is -0.279. The van der Waals surface area contributed by atoms with E-state index in [-0.39, 0.29) is 23.6 Å². The van der Waals surface area contributed by atoms with Gasteiger partial charge in [0, 0.05) is 11.5 Å². The van der Waals surface area contributed by atoms with Crippen LogP contribution in [0.4, 0.5) is 0 Å². The SMILES string of the molecule is COC(=O)[C@H]1C[C@@H]1C(=O)c1cccc2ccccc12. The first-order chi connectivity index (χ1) is 9.22. The number of Topliss-reactive ketones (excluding diaryl/α,β-unsaturated/α-hetero) is 1. The van der Waals surface area contributed by atoms with Gasteiger partial charge in [-0.25, -0.2) is 0 Å². The number of benzene rings is 2. The molecule has 0 amide bonds. The number of hydrogen-bond donors (Lipinski definition) is 0. The molecule has 2 atom stereocenters. The van der Waals surface area contributed by atoms with Gasteiger partial charge < -0.3 is 4.74 Å². The Labute approximate surface area is 111 Å². The second kappa shape index (κ2) is 4.50. The fourth-order valence-electron chi connectivity index (χ4n) is 2.54. The van der Waals surface area contributed by atoms with E-state index in [2.05, 4.69) is 4.74 Å². The number of methoxy groups -OCH3 is 1. The molecule has 1 saturated carbocycles. The zero-order valence-electron chi connectivity index (χ0n) is 10.6. The van der Waals surface area contributed by atoms with Gasteiger partial charge in [-0.1, -0.05) is 42.5 Å². The summed E-state index contributed by atoms with van der Waals surface area (Å²) < 4.78 is 4.69. The summed E-state index contributed by atoms with van der Waals surface area (Å²) in [6, 6.07) is 13.5. The summed E-state index contributed by atoms with van der Waals surface area (Å²) in [4.78, 5) is 23.9. The summed E-state index contributed by atoms with van der Waals surface area (Å²) >= 11 is 0. The van der Waals surface area contributed by atoms with Crippen molar-refractivity contribution in [2.24, 2.45) is 11.8 Å². The smallest absolute Gasteiger partial charge is 0.309 e. The number of hydrogen-bond acceptors (Lipinski definition) is 3. The largest absolute Gasteiger partial charge is 0.469 e. The molecular weight excluding hydrogens is 240 g/mol. The third-order valence-electron chi connectivity index (χ3n) is 3.69. The van der Waals surface area contributed by atoms with Gasteiger partial charge in [-0.2, -0.15) is 0 Å². The third kappa shape index (κ3) is 2.01. The number of esters is 1. The molecule has 0 bridgehead atoms. The van der Waals surface area contributed by atoms with Crippen molar-refractivity contribution < 1.29 is 14.3 Å². The van der Waals surface area contributed by atoms with Crippen LogP contribution >= 0.6 is 0 Å². The number of ether oxygens (including phenoxy) is 1. The van der Waals surface area contributed by atoms with Crippen molar-refractivity contribution in [2.75, 3.05) is 7.11 Å². The van der Waals surface area contributed by atoms with Crippen LogP contribution in [-0.4, -0.2) is 18.9 Å². The average molecular weight is 254 g/mol. The summed E-state index contributed by atoms with van der Waals surface area (Å²) in [5, 5.41) is 1.99. The Bertz CT molecular complexity index is 655. The molecule has 2 aromatic carbocycles. The molecule has 0 aliphatic heterocycles. The van der Waals surface area contributed by atoms with Crippen molar-refractivity contribution in [1.82, 2.24) is 0 Å². The first-order valence-electron chi connectivity index (χ1n) is 6.32. The Morgan fingerprint density at radius 2 is 1.79 bits per heavy atom. The van der Waals surface area contributed by atoms with Gasteiger partial charge in [-0.05, 0) is 17.2 Å². The molecule has 3 rings (SSSR count). The van der Waals surface area contributed by atoms with E-state index in [1.165, 1.54) is 7.11 Å². The standard InChI is InChI=1S/C16H14O3/c1-19-16(18)14-9-13(14)15(17)12-8-4-6-10-5-2-3-7-11(10)12/h2-8,13-14H,9H2,1H3/t13-,14-/m0/s1. The van der Waals surface area contributed by atoms with Gasteiger partial charge in [0.05, 0.1) is 13.0 Å². The van der Waals surface area contributed by atoms with E-state index < -0.39 is 0 Å². The van der Waals surface area contributed by atoms with E-state index in [1.807, 2.05) is 42.5 Å². The molecule has 96 valence electrons. The molecule has 19 heavy (non-hydrogen) atoms. The summed E-state index contributed by atoms with van der Waals surface area (Å²) in [6.07, 6.45) is 0.606. The van der Waals surface area contributed by atoms with E-state index in [9.17, 15) is 9.59 Å². The van der Waals surface area contributed by atoms with Crippen LogP contribution in [0.15, 0.2) is 42.5 Å². The van der Waals surface area contributed by atoms with Gasteiger partial charge in [0.15, 0.2) is 5.78 Å².